The highest BCUT2D eigenvalue weighted by Gasteiger charge is 2.16. The van der Waals surface area contributed by atoms with Gasteiger partial charge in [0.2, 0.25) is 0 Å². The van der Waals surface area contributed by atoms with E-state index in [0.29, 0.717) is 0 Å². The van der Waals surface area contributed by atoms with E-state index in [0.717, 1.165) is 28.0 Å². The first-order valence-corrected chi connectivity index (χ1v) is 6.43. The molecule has 0 aliphatic heterocycles. The lowest BCUT2D eigenvalue weighted by Crippen LogP contribution is -2.29. The summed E-state index contributed by atoms with van der Waals surface area (Å²) in [5.74, 6) is 6.28. The summed E-state index contributed by atoms with van der Waals surface area (Å²) in [5, 5.41) is 0. The van der Waals surface area contributed by atoms with Gasteiger partial charge in [0.15, 0.2) is 0 Å². The van der Waals surface area contributed by atoms with E-state index < -0.39 is 0 Å². The van der Waals surface area contributed by atoms with Crippen molar-refractivity contribution in [1.29, 1.82) is 0 Å². The van der Waals surface area contributed by atoms with Crippen molar-refractivity contribution in [3.8, 4) is 5.75 Å². The van der Waals surface area contributed by atoms with Crippen LogP contribution in [0.2, 0.25) is 0 Å². The largest absolute Gasteiger partial charge is 0.496 e. The van der Waals surface area contributed by atoms with Crippen molar-refractivity contribution in [2.75, 3.05) is 7.11 Å². The number of halogens is 1. The molecule has 1 atom stereocenters. The molecule has 3 nitrogen and oxygen atoms in total. The molecule has 106 valence electrons. The lowest BCUT2D eigenvalue weighted by atomic mass is 9.94. The molecule has 4 heteroatoms. The minimum Gasteiger partial charge on any atom is -0.496 e. The Hall–Kier alpha value is -1.91. The van der Waals surface area contributed by atoms with Crippen molar-refractivity contribution in [1.82, 2.24) is 5.43 Å². The molecule has 1 unspecified atom stereocenters. The van der Waals surface area contributed by atoms with Gasteiger partial charge in [-0.15, -0.1) is 0 Å². The molecule has 0 amide bonds. The van der Waals surface area contributed by atoms with Crippen LogP contribution in [0.3, 0.4) is 0 Å². The normalized spacial score (nSPS) is 12.2. The molecule has 0 bridgehead atoms. The first-order valence-electron chi connectivity index (χ1n) is 6.43. The van der Waals surface area contributed by atoms with E-state index in [9.17, 15) is 4.39 Å². The topological polar surface area (TPSA) is 47.3 Å². The van der Waals surface area contributed by atoms with Crippen molar-refractivity contribution in [3.05, 3.63) is 64.5 Å². The van der Waals surface area contributed by atoms with E-state index in [4.69, 9.17) is 10.6 Å². The monoisotopic (exact) mass is 274 g/mol. The van der Waals surface area contributed by atoms with Gasteiger partial charge in [-0.25, -0.2) is 9.82 Å². The van der Waals surface area contributed by atoms with Crippen LogP contribution in [0.5, 0.6) is 5.75 Å². The fourth-order valence-corrected chi connectivity index (χ4v) is 2.41. The summed E-state index contributed by atoms with van der Waals surface area (Å²) >= 11 is 0. The van der Waals surface area contributed by atoms with Gasteiger partial charge in [-0.1, -0.05) is 18.2 Å². The average Bonchev–Trinajstić information content (AvgIpc) is 2.42. The molecular weight excluding hydrogens is 255 g/mol. The number of benzene rings is 2. The van der Waals surface area contributed by atoms with E-state index in [1.165, 1.54) is 12.1 Å². The Balaban J connectivity index is 2.44. The van der Waals surface area contributed by atoms with Crippen LogP contribution in [0.4, 0.5) is 4.39 Å². The Morgan fingerprint density at radius 1 is 1.10 bits per heavy atom. The number of nitrogens with two attached hydrogens (primary N) is 1. The van der Waals surface area contributed by atoms with Gasteiger partial charge < -0.3 is 4.74 Å². The third-order valence-electron chi connectivity index (χ3n) is 3.46. The van der Waals surface area contributed by atoms with Crippen LogP contribution in [0, 0.1) is 19.7 Å². The van der Waals surface area contributed by atoms with E-state index >= 15 is 0 Å². The third kappa shape index (κ3) is 2.81. The summed E-state index contributed by atoms with van der Waals surface area (Å²) in [6, 6.07) is 10.4. The summed E-state index contributed by atoms with van der Waals surface area (Å²) in [5.41, 5.74) is 6.66. The fourth-order valence-electron chi connectivity index (χ4n) is 2.41. The maximum absolute atomic E-state index is 13.2. The molecular formula is C16H19FN2O. The smallest absolute Gasteiger partial charge is 0.123 e. The van der Waals surface area contributed by atoms with Crippen LogP contribution in [0.1, 0.15) is 28.3 Å². The van der Waals surface area contributed by atoms with Crippen molar-refractivity contribution >= 4 is 0 Å². The van der Waals surface area contributed by atoms with Gasteiger partial charge in [-0.05, 0) is 54.3 Å². The molecule has 0 fully saturated rings. The van der Waals surface area contributed by atoms with Crippen LogP contribution >= 0.6 is 0 Å². The summed E-state index contributed by atoms with van der Waals surface area (Å²) in [4.78, 5) is 0. The minimum absolute atomic E-state index is 0.180. The van der Waals surface area contributed by atoms with E-state index in [2.05, 4.69) is 5.43 Å². The van der Waals surface area contributed by atoms with Gasteiger partial charge in [-0.3, -0.25) is 5.84 Å². The second-order valence-electron chi connectivity index (χ2n) is 4.83. The number of methoxy groups -OCH3 is 1. The lowest BCUT2D eigenvalue weighted by Gasteiger charge is -2.20. The fraction of sp³-hybridized carbons (Fsp3) is 0.250. The van der Waals surface area contributed by atoms with Crippen molar-refractivity contribution in [2.45, 2.75) is 19.9 Å². The summed E-state index contributed by atoms with van der Waals surface area (Å²) in [6.45, 7) is 3.85. The summed E-state index contributed by atoms with van der Waals surface area (Å²) in [7, 11) is 1.64. The standard InChI is InChI=1S/C16H19FN2O/c1-10-9-13(17)5-6-14(10)16(19-18)12-4-7-15(20-3)11(2)8-12/h4-9,16,19H,18H2,1-3H3. The van der Waals surface area contributed by atoms with Gasteiger partial charge in [0.1, 0.15) is 11.6 Å². The minimum atomic E-state index is -0.243. The van der Waals surface area contributed by atoms with Crippen LogP contribution < -0.4 is 16.0 Å². The van der Waals surface area contributed by atoms with Gasteiger partial charge >= 0.3 is 0 Å². The second-order valence-corrected chi connectivity index (χ2v) is 4.83. The second kappa shape index (κ2) is 6.03. The molecule has 2 rings (SSSR count). The molecule has 0 radical (unpaired) electrons. The molecule has 2 aromatic carbocycles. The SMILES string of the molecule is COc1ccc(C(NN)c2ccc(F)cc2C)cc1C. The Labute approximate surface area is 118 Å². The summed E-state index contributed by atoms with van der Waals surface area (Å²) < 4.78 is 18.5. The number of ether oxygens (including phenoxy) is 1. The van der Waals surface area contributed by atoms with E-state index in [1.807, 2.05) is 32.0 Å². The van der Waals surface area contributed by atoms with E-state index in [-0.39, 0.29) is 11.9 Å². The zero-order chi connectivity index (χ0) is 14.7. The van der Waals surface area contributed by atoms with Gasteiger partial charge in [0, 0.05) is 0 Å². The number of hydrazine groups is 1. The molecule has 0 aliphatic rings. The molecule has 20 heavy (non-hydrogen) atoms. The highest BCUT2D eigenvalue weighted by atomic mass is 19.1. The quantitative estimate of drug-likeness (QED) is 0.665. The molecule has 0 aliphatic carbocycles. The van der Waals surface area contributed by atoms with Crippen molar-refractivity contribution < 1.29 is 9.13 Å². The summed E-state index contributed by atoms with van der Waals surface area (Å²) in [6.07, 6.45) is 0. The zero-order valence-electron chi connectivity index (χ0n) is 11.9. The molecule has 2 aromatic rings. The Morgan fingerprint density at radius 3 is 2.40 bits per heavy atom. The number of rotatable bonds is 4. The Kier molecular flexibility index (Phi) is 4.37. The lowest BCUT2D eigenvalue weighted by molar-refractivity contribution is 0.411. The molecule has 0 saturated carbocycles. The van der Waals surface area contributed by atoms with Crippen molar-refractivity contribution in [2.24, 2.45) is 5.84 Å². The maximum atomic E-state index is 13.2. The molecule has 0 saturated heterocycles. The van der Waals surface area contributed by atoms with Gasteiger partial charge in [-0.2, -0.15) is 0 Å². The maximum Gasteiger partial charge on any atom is 0.123 e. The number of hydrogen-bond acceptors (Lipinski definition) is 3. The van der Waals surface area contributed by atoms with Crippen LogP contribution in [-0.2, 0) is 0 Å². The van der Waals surface area contributed by atoms with Gasteiger partial charge in [0.25, 0.3) is 0 Å². The van der Waals surface area contributed by atoms with Crippen LogP contribution in [0.15, 0.2) is 36.4 Å². The third-order valence-corrected chi connectivity index (χ3v) is 3.46. The highest BCUT2D eigenvalue weighted by molar-refractivity contribution is 5.42. The number of nitrogens with one attached hydrogen (secondary N) is 1. The Bertz CT molecular complexity index is 613. The number of aryl methyl sites for hydroxylation is 2. The van der Waals surface area contributed by atoms with E-state index in [1.54, 1.807) is 13.2 Å². The highest BCUT2D eigenvalue weighted by Crippen LogP contribution is 2.28. The molecule has 0 heterocycles. The molecule has 3 N–H and O–H groups in total. The van der Waals surface area contributed by atoms with Crippen LogP contribution in [-0.4, -0.2) is 7.11 Å². The van der Waals surface area contributed by atoms with Crippen molar-refractivity contribution in [3.63, 3.8) is 0 Å². The molecule has 0 spiro atoms. The first kappa shape index (κ1) is 14.5. The number of hydrogen-bond donors (Lipinski definition) is 2. The van der Waals surface area contributed by atoms with Gasteiger partial charge in [0.05, 0.1) is 13.2 Å². The molecule has 0 aromatic heterocycles. The predicted octanol–water partition coefficient (Wildman–Crippen LogP) is 3.00. The Morgan fingerprint density at radius 2 is 1.85 bits per heavy atom. The average molecular weight is 274 g/mol. The zero-order valence-corrected chi connectivity index (χ0v) is 11.9. The predicted molar refractivity (Wildman–Crippen MR) is 78.0 cm³/mol. The van der Waals surface area contributed by atoms with Crippen LogP contribution in [0.25, 0.3) is 0 Å². The first-order chi connectivity index (χ1) is 9.56.